The van der Waals surface area contributed by atoms with Crippen LogP contribution in [0.4, 0.5) is 0 Å². The second-order valence-electron chi connectivity index (χ2n) is 5.44. The number of nitrogens with one attached hydrogen (secondary N) is 1. The third kappa shape index (κ3) is 4.00. The van der Waals surface area contributed by atoms with E-state index >= 15 is 0 Å². The molecule has 3 aromatic rings. The lowest BCUT2D eigenvalue weighted by molar-refractivity contribution is -0.139. The largest absolute Gasteiger partial charge is 0.480 e. The van der Waals surface area contributed by atoms with Gasteiger partial charge in [-0.05, 0) is 39.7 Å². The summed E-state index contributed by atoms with van der Waals surface area (Å²) in [4.78, 5) is 32.3. The number of rotatable bonds is 5. The molecule has 1 atom stereocenters. The van der Waals surface area contributed by atoms with Crippen molar-refractivity contribution in [1.82, 2.24) is 15.3 Å². The normalized spacial score (nSPS) is 11.9. The summed E-state index contributed by atoms with van der Waals surface area (Å²) in [6, 6.07) is 11.5. The average molecular weight is 400 g/mol. The van der Waals surface area contributed by atoms with E-state index in [0.29, 0.717) is 15.7 Å². The first-order chi connectivity index (χ1) is 12.0. The van der Waals surface area contributed by atoms with Crippen LogP contribution in [0.2, 0.25) is 0 Å². The number of carbonyl (C=O) groups excluding carboxylic acids is 1. The molecule has 1 aromatic carbocycles. The number of halogens is 1. The van der Waals surface area contributed by atoms with Gasteiger partial charge in [0.25, 0.3) is 5.91 Å². The summed E-state index contributed by atoms with van der Waals surface area (Å²) in [7, 11) is 0. The van der Waals surface area contributed by atoms with Crippen LogP contribution in [0.1, 0.15) is 15.9 Å². The zero-order valence-electron chi connectivity index (χ0n) is 13.0. The maximum Gasteiger partial charge on any atom is 0.326 e. The summed E-state index contributed by atoms with van der Waals surface area (Å²) in [6.07, 6.45) is 3.16. The first kappa shape index (κ1) is 17.0. The summed E-state index contributed by atoms with van der Waals surface area (Å²) in [5, 5.41) is 12.8. The van der Waals surface area contributed by atoms with Gasteiger partial charge in [-0.25, -0.2) is 9.78 Å². The Morgan fingerprint density at radius 2 is 1.96 bits per heavy atom. The molecule has 2 aromatic heterocycles. The van der Waals surface area contributed by atoms with Crippen LogP contribution in [0, 0.1) is 0 Å². The van der Waals surface area contributed by atoms with Gasteiger partial charge in [-0.15, -0.1) is 0 Å². The minimum Gasteiger partial charge on any atom is -0.480 e. The first-order valence-electron chi connectivity index (χ1n) is 7.52. The molecule has 7 heteroatoms. The highest BCUT2D eigenvalue weighted by Gasteiger charge is 2.22. The molecular weight excluding hydrogens is 386 g/mol. The number of benzene rings is 1. The van der Waals surface area contributed by atoms with Crippen LogP contribution >= 0.6 is 15.9 Å². The van der Waals surface area contributed by atoms with Crippen LogP contribution in [0.3, 0.4) is 0 Å². The Bertz CT molecular complexity index is 946. The zero-order valence-corrected chi connectivity index (χ0v) is 14.6. The summed E-state index contributed by atoms with van der Waals surface area (Å²) in [5.41, 5.74) is 1.79. The number of carboxylic acids is 1. The minimum absolute atomic E-state index is 0.122. The Morgan fingerprint density at radius 1 is 1.16 bits per heavy atom. The first-order valence-corrected chi connectivity index (χ1v) is 8.32. The number of pyridine rings is 2. The van der Waals surface area contributed by atoms with E-state index in [9.17, 15) is 14.7 Å². The average Bonchev–Trinajstić information content (AvgIpc) is 2.62. The van der Waals surface area contributed by atoms with Crippen LogP contribution in [0.5, 0.6) is 0 Å². The predicted molar refractivity (Wildman–Crippen MR) is 96.3 cm³/mol. The summed E-state index contributed by atoms with van der Waals surface area (Å²) in [5.74, 6) is -1.59. The molecule has 3 rings (SSSR count). The van der Waals surface area contributed by atoms with E-state index in [4.69, 9.17) is 0 Å². The van der Waals surface area contributed by atoms with Gasteiger partial charge in [-0.3, -0.25) is 9.78 Å². The van der Waals surface area contributed by atoms with Crippen molar-refractivity contribution in [3.05, 3.63) is 70.6 Å². The van der Waals surface area contributed by atoms with Crippen molar-refractivity contribution in [2.45, 2.75) is 12.5 Å². The molecule has 2 heterocycles. The van der Waals surface area contributed by atoms with Crippen molar-refractivity contribution in [2.24, 2.45) is 0 Å². The molecule has 0 aliphatic carbocycles. The molecule has 0 bridgehead atoms. The lowest BCUT2D eigenvalue weighted by atomic mass is 10.1. The van der Waals surface area contributed by atoms with Gasteiger partial charge in [-0.1, -0.05) is 24.3 Å². The van der Waals surface area contributed by atoms with Gasteiger partial charge in [-0.2, -0.15) is 0 Å². The highest BCUT2D eigenvalue weighted by atomic mass is 79.9. The Hall–Kier alpha value is -2.80. The number of carboxylic acid groups (broad SMARTS) is 1. The van der Waals surface area contributed by atoms with Gasteiger partial charge >= 0.3 is 5.97 Å². The SMILES string of the molecule is O=C(N[C@H](Cc1cccnc1Br)C(=O)O)c1cnc2ccccc2c1. The second-order valence-corrected chi connectivity index (χ2v) is 6.19. The molecule has 0 unspecified atom stereocenters. The van der Waals surface area contributed by atoms with Crippen LogP contribution in [-0.2, 0) is 11.2 Å². The summed E-state index contributed by atoms with van der Waals surface area (Å²) >= 11 is 3.29. The third-order valence-corrected chi connectivity index (χ3v) is 4.43. The van der Waals surface area contributed by atoms with E-state index in [1.807, 2.05) is 24.3 Å². The number of fused-ring (bicyclic) bond motifs is 1. The zero-order chi connectivity index (χ0) is 17.8. The smallest absolute Gasteiger partial charge is 0.326 e. The van der Waals surface area contributed by atoms with Gasteiger partial charge in [0.15, 0.2) is 0 Å². The van der Waals surface area contributed by atoms with Gasteiger partial charge in [0, 0.05) is 24.2 Å². The maximum atomic E-state index is 12.4. The van der Waals surface area contributed by atoms with Crippen molar-refractivity contribution in [3.63, 3.8) is 0 Å². The van der Waals surface area contributed by atoms with Crippen LogP contribution in [0.25, 0.3) is 10.9 Å². The van der Waals surface area contributed by atoms with E-state index in [1.165, 1.54) is 6.20 Å². The van der Waals surface area contributed by atoms with Crippen LogP contribution in [0.15, 0.2) is 59.5 Å². The van der Waals surface area contributed by atoms with E-state index in [-0.39, 0.29) is 6.42 Å². The molecule has 0 aliphatic heterocycles. The molecule has 0 saturated carbocycles. The topological polar surface area (TPSA) is 92.2 Å². The summed E-state index contributed by atoms with van der Waals surface area (Å²) < 4.78 is 0.558. The molecule has 0 fully saturated rings. The van der Waals surface area contributed by atoms with E-state index in [0.717, 1.165) is 10.9 Å². The Balaban J connectivity index is 1.80. The number of nitrogens with zero attached hydrogens (tertiary/aromatic N) is 2. The number of hydrogen-bond acceptors (Lipinski definition) is 4. The van der Waals surface area contributed by atoms with Gasteiger partial charge in [0.05, 0.1) is 11.1 Å². The molecule has 1 amide bonds. The highest BCUT2D eigenvalue weighted by Crippen LogP contribution is 2.16. The second kappa shape index (κ2) is 7.40. The van der Waals surface area contributed by atoms with E-state index in [1.54, 1.807) is 24.4 Å². The molecule has 6 nitrogen and oxygen atoms in total. The van der Waals surface area contributed by atoms with Crippen LogP contribution in [-0.4, -0.2) is 33.0 Å². The van der Waals surface area contributed by atoms with Crippen molar-refractivity contribution in [2.75, 3.05) is 0 Å². The molecule has 0 aliphatic rings. The molecule has 2 N–H and O–H groups in total. The minimum atomic E-state index is -1.11. The molecule has 0 spiro atoms. The lowest BCUT2D eigenvalue weighted by Crippen LogP contribution is -2.42. The predicted octanol–water partition coefficient (Wildman–Crippen LogP) is 2.82. The summed E-state index contributed by atoms with van der Waals surface area (Å²) in [6.45, 7) is 0. The molecule has 25 heavy (non-hydrogen) atoms. The number of aliphatic carboxylic acids is 1. The van der Waals surface area contributed by atoms with Gasteiger partial charge in [0.1, 0.15) is 10.6 Å². The number of amides is 1. The molecular formula is C18H14BrN3O3. The fraction of sp³-hybridized carbons (Fsp3) is 0.111. The third-order valence-electron chi connectivity index (χ3n) is 3.72. The van der Waals surface area contributed by atoms with E-state index in [2.05, 4.69) is 31.2 Å². The molecule has 0 radical (unpaired) electrons. The van der Waals surface area contributed by atoms with Crippen molar-refractivity contribution < 1.29 is 14.7 Å². The van der Waals surface area contributed by atoms with E-state index < -0.39 is 17.9 Å². The monoisotopic (exact) mass is 399 g/mol. The van der Waals surface area contributed by atoms with Gasteiger partial charge < -0.3 is 10.4 Å². The molecule has 126 valence electrons. The van der Waals surface area contributed by atoms with Gasteiger partial charge in [0.2, 0.25) is 0 Å². The maximum absolute atomic E-state index is 12.4. The number of carbonyl (C=O) groups is 2. The molecule has 0 saturated heterocycles. The quantitative estimate of drug-likeness (QED) is 0.643. The van der Waals surface area contributed by atoms with Crippen molar-refractivity contribution in [3.8, 4) is 0 Å². The fourth-order valence-electron chi connectivity index (χ4n) is 2.43. The van der Waals surface area contributed by atoms with Crippen molar-refractivity contribution in [1.29, 1.82) is 0 Å². The van der Waals surface area contributed by atoms with Crippen molar-refractivity contribution >= 4 is 38.7 Å². The Kier molecular flexibility index (Phi) is 5.04. The Morgan fingerprint density at radius 3 is 2.72 bits per heavy atom. The number of aromatic nitrogens is 2. The highest BCUT2D eigenvalue weighted by molar-refractivity contribution is 9.10. The fourth-order valence-corrected chi connectivity index (χ4v) is 2.84. The number of hydrogen-bond donors (Lipinski definition) is 2. The lowest BCUT2D eigenvalue weighted by Gasteiger charge is -2.15. The number of para-hydroxylation sites is 1. The van der Waals surface area contributed by atoms with Crippen LogP contribution < -0.4 is 5.32 Å². The standard InChI is InChI=1S/C18H14BrN3O3/c19-16-12(5-3-7-20-16)9-15(18(24)25)22-17(23)13-8-11-4-1-2-6-14(11)21-10-13/h1-8,10,15H,9H2,(H,22,23)(H,24,25)/t15-/m1/s1. The Labute approximate surface area is 152 Å².